The molecule has 1 atom stereocenters. The molecule has 4 rings (SSSR count). The van der Waals surface area contributed by atoms with Crippen LogP contribution in [0.4, 0.5) is 0 Å². The molecule has 1 saturated heterocycles. The van der Waals surface area contributed by atoms with E-state index in [1.807, 2.05) is 24.4 Å². The molecular formula is C19H26N4O2. The Labute approximate surface area is 148 Å². The minimum atomic E-state index is 0.266. The number of hydrogen-bond acceptors (Lipinski definition) is 5. The Hall–Kier alpha value is -1.76. The van der Waals surface area contributed by atoms with Crippen LogP contribution in [0.15, 0.2) is 36.7 Å². The molecule has 6 nitrogen and oxygen atoms in total. The lowest BCUT2D eigenvalue weighted by Gasteiger charge is -2.36. The maximum atomic E-state index is 5.95. The summed E-state index contributed by atoms with van der Waals surface area (Å²) >= 11 is 0. The van der Waals surface area contributed by atoms with E-state index < -0.39 is 0 Å². The minimum absolute atomic E-state index is 0.266. The largest absolute Gasteiger partial charge is 0.381 e. The van der Waals surface area contributed by atoms with Crippen LogP contribution in [-0.4, -0.2) is 52.6 Å². The molecule has 4 heterocycles. The molecule has 2 aromatic heterocycles. The molecule has 0 aliphatic carbocycles. The van der Waals surface area contributed by atoms with Crippen LogP contribution >= 0.6 is 0 Å². The van der Waals surface area contributed by atoms with Crippen LogP contribution < -0.4 is 0 Å². The number of hydrogen-bond donors (Lipinski definition) is 0. The molecule has 134 valence electrons. The molecule has 0 N–H and O–H groups in total. The van der Waals surface area contributed by atoms with Crippen LogP contribution in [-0.2, 0) is 22.6 Å². The number of aromatic nitrogens is 3. The predicted molar refractivity (Wildman–Crippen MR) is 94.0 cm³/mol. The van der Waals surface area contributed by atoms with Crippen LogP contribution in [0.2, 0.25) is 0 Å². The molecule has 2 aliphatic rings. The van der Waals surface area contributed by atoms with Crippen molar-refractivity contribution in [2.75, 3.05) is 32.9 Å². The van der Waals surface area contributed by atoms with Crippen LogP contribution in [0.5, 0.6) is 0 Å². The summed E-state index contributed by atoms with van der Waals surface area (Å²) in [6.07, 6.45) is 6.06. The Kier molecular flexibility index (Phi) is 5.40. The fraction of sp³-hybridized carbons (Fsp3) is 0.579. The fourth-order valence-electron chi connectivity index (χ4n) is 3.80. The molecule has 0 spiro atoms. The van der Waals surface area contributed by atoms with E-state index in [9.17, 15) is 0 Å². The smallest absolute Gasteiger partial charge is 0.0888 e. The second-order valence-corrected chi connectivity index (χ2v) is 7.01. The normalized spacial score (nSPS) is 22.0. The van der Waals surface area contributed by atoms with Gasteiger partial charge in [-0.15, -0.1) is 0 Å². The third kappa shape index (κ3) is 4.26. The molecule has 1 unspecified atom stereocenters. The predicted octanol–water partition coefficient (Wildman–Crippen LogP) is 2.28. The molecule has 0 aromatic carbocycles. The zero-order chi connectivity index (χ0) is 16.9. The molecule has 6 heteroatoms. The molecule has 2 aliphatic heterocycles. The van der Waals surface area contributed by atoms with Crippen LogP contribution in [0.1, 0.15) is 30.3 Å². The van der Waals surface area contributed by atoms with Crippen molar-refractivity contribution in [2.24, 2.45) is 5.92 Å². The van der Waals surface area contributed by atoms with Crippen molar-refractivity contribution in [3.8, 4) is 0 Å². The van der Waals surface area contributed by atoms with Crippen molar-refractivity contribution >= 4 is 0 Å². The number of fused-ring (bicyclic) bond motifs is 1. The van der Waals surface area contributed by atoms with Gasteiger partial charge in [-0.3, -0.25) is 14.6 Å². The first-order valence-electron chi connectivity index (χ1n) is 9.18. The zero-order valence-corrected chi connectivity index (χ0v) is 14.6. The number of nitrogens with zero attached hydrogens (tertiary/aromatic N) is 4. The molecular weight excluding hydrogens is 316 g/mol. The van der Waals surface area contributed by atoms with Crippen molar-refractivity contribution in [1.82, 2.24) is 19.7 Å². The fourth-order valence-corrected chi connectivity index (χ4v) is 3.80. The third-order valence-corrected chi connectivity index (χ3v) is 5.10. The van der Waals surface area contributed by atoms with E-state index >= 15 is 0 Å². The summed E-state index contributed by atoms with van der Waals surface area (Å²) in [6.45, 7) is 6.15. The van der Waals surface area contributed by atoms with Gasteiger partial charge in [0.1, 0.15) is 0 Å². The van der Waals surface area contributed by atoms with Gasteiger partial charge in [-0.2, -0.15) is 5.10 Å². The van der Waals surface area contributed by atoms with E-state index in [0.717, 1.165) is 44.5 Å². The average molecular weight is 342 g/mol. The summed E-state index contributed by atoms with van der Waals surface area (Å²) in [7, 11) is 0. The summed E-state index contributed by atoms with van der Waals surface area (Å²) in [5.41, 5.74) is 2.25. The molecule has 0 amide bonds. The summed E-state index contributed by atoms with van der Waals surface area (Å²) in [5.74, 6) is 0.748. The highest BCUT2D eigenvalue weighted by Crippen LogP contribution is 2.24. The Bertz CT molecular complexity index is 654. The lowest BCUT2D eigenvalue weighted by Crippen LogP contribution is -2.42. The van der Waals surface area contributed by atoms with Crippen molar-refractivity contribution in [1.29, 1.82) is 0 Å². The monoisotopic (exact) mass is 342 g/mol. The van der Waals surface area contributed by atoms with Gasteiger partial charge in [0.05, 0.1) is 30.6 Å². The van der Waals surface area contributed by atoms with Crippen molar-refractivity contribution in [3.05, 3.63) is 48.0 Å². The second-order valence-electron chi connectivity index (χ2n) is 7.01. The van der Waals surface area contributed by atoms with Gasteiger partial charge in [0.15, 0.2) is 0 Å². The van der Waals surface area contributed by atoms with Gasteiger partial charge < -0.3 is 9.47 Å². The van der Waals surface area contributed by atoms with E-state index in [4.69, 9.17) is 9.47 Å². The lowest BCUT2D eigenvalue weighted by molar-refractivity contribution is 0.0279. The second kappa shape index (κ2) is 8.08. The molecule has 0 saturated carbocycles. The Morgan fingerprint density at radius 2 is 2.08 bits per heavy atom. The number of pyridine rings is 1. The van der Waals surface area contributed by atoms with Gasteiger partial charge in [0.2, 0.25) is 0 Å². The molecule has 2 aromatic rings. The number of rotatable bonds is 6. The maximum absolute atomic E-state index is 5.95. The van der Waals surface area contributed by atoms with E-state index in [1.54, 1.807) is 6.20 Å². The third-order valence-electron chi connectivity index (χ3n) is 5.10. The van der Waals surface area contributed by atoms with E-state index in [2.05, 4.69) is 25.7 Å². The quantitative estimate of drug-likeness (QED) is 0.806. The highest BCUT2D eigenvalue weighted by atomic mass is 16.5. The first-order valence-corrected chi connectivity index (χ1v) is 9.18. The first kappa shape index (κ1) is 16.7. The highest BCUT2D eigenvalue weighted by molar-refractivity contribution is 5.06. The molecule has 0 bridgehead atoms. The lowest BCUT2D eigenvalue weighted by atomic mass is 9.99. The molecule has 0 radical (unpaired) electrons. The summed E-state index contributed by atoms with van der Waals surface area (Å²) in [6, 6.07) is 8.31. The summed E-state index contributed by atoms with van der Waals surface area (Å²) < 4.78 is 13.6. The van der Waals surface area contributed by atoms with E-state index in [1.165, 1.54) is 18.5 Å². The van der Waals surface area contributed by atoms with Crippen molar-refractivity contribution in [2.45, 2.75) is 32.0 Å². The van der Waals surface area contributed by atoms with Gasteiger partial charge in [0.25, 0.3) is 0 Å². The Morgan fingerprint density at radius 1 is 1.16 bits per heavy atom. The van der Waals surface area contributed by atoms with Gasteiger partial charge in [-0.1, -0.05) is 6.07 Å². The van der Waals surface area contributed by atoms with Crippen LogP contribution in [0.3, 0.4) is 0 Å². The van der Waals surface area contributed by atoms with Crippen molar-refractivity contribution in [3.63, 3.8) is 0 Å². The van der Waals surface area contributed by atoms with Gasteiger partial charge >= 0.3 is 0 Å². The minimum Gasteiger partial charge on any atom is -0.381 e. The van der Waals surface area contributed by atoms with Gasteiger partial charge in [-0.05, 0) is 37.0 Å². The summed E-state index contributed by atoms with van der Waals surface area (Å²) in [5, 5.41) is 4.52. The van der Waals surface area contributed by atoms with Gasteiger partial charge in [0, 0.05) is 45.2 Å². The molecule has 25 heavy (non-hydrogen) atoms. The average Bonchev–Trinajstić information content (AvgIpc) is 3.12. The van der Waals surface area contributed by atoms with Crippen LogP contribution in [0.25, 0.3) is 0 Å². The Balaban J connectivity index is 1.35. The topological polar surface area (TPSA) is 52.4 Å². The van der Waals surface area contributed by atoms with Gasteiger partial charge in [-0.25, -0.2) is 0 Å². The SMILES string of the molecule is c1ccc(COCC2CN(CC3CCOCC3)Cc3ccnn32)nc1. The molecule has 1 fully saturated rings. The van der Waals surface area contributed by atoms with Crippen molar-refractivity contribution < 1.29 is 9.47 Å². The van der Waals surface area contributed by atoms with Crippen LogP contribution in [0, 0.1) is 5.92 Å². The number of ether oxygens (including phenoxy) is 2. The summed E-state index contributed by atoms with van der Waals surface area (Å²) in [4.78, 5) is 6.88. The Morgan fingerprint density at radius 3 is 2.92 bits per heavy atom. The first-order chi connectivity index (χ1) is 12.4. The highest BCUT2D eigenvalue weighted by Gasteiger charge is 2.27. The zero-order valence-electron chi connectivity index (χ0n) is 14.6. The van der Waals surface area contributed by atoms with E-state index in [-0.39, 0.29) is 6.04 Å². The van der Waals surface area contributed by atoms with E-state index in [0.29, 0.717) is 13.2 Å². The maximum Gasteiger partial charge on any atom is 0.0888 e. The standard InChI is InChI=1S/C19H26N4O2/c1-2-7-20-17(3-1)14-25-15-19-13-22(11-16-5-9-24-10-6-16)12-18-4-8-21-23(18)19/h1-4,7-8,16,19H,5-6,9-15H2.